The van der Waals surface area contributed by atoms with Crippen LogP contribution in [0.1, 0.15) is 57.7 Å². The SMILES string of the molecule is CC(C)(C)CC(C)(C)N(C(=O)[C@@H](N)CS)C(c1ccccc1)(c1ccccc1)c1ccccc1.Cl. The molecule has 0 saturated heterocycles. The van der Waals surface area contributed by atoms with E-state index in [1.807, 2.05) is 59.5 Å². The lowest BCUT2D eigenvalue weighted by Gasteiger charge is -2.55. The molecule has 3 aromatic rings. The monoisotopic (exact) mass is 510 g/mol. The maximum Gasteiger partial charge on any atom is 0.242 e. The lowest BCUT2D eigenvalue weighted by atomic mass is 9.70. The second kappa shape index (κ2) is 11.6. The molecular weight excluding hydrogens is 472 g/mol. The summed E-state index contributed by atoms with van der Waals surface area (Å²) in [5, 5.41) is 0. The number of nitrogens with two attached hydrogens (primary N) is 1. The first-order valence-corrected chi connectivity index (χ1v) is 12.5. The van der Waals surface area contributed by atoms with Gasteiger partial charge in [0, 0.05) is 11.3 Å². The molecule has 3 aromatic carbocycles. The van der Waals surface area contributed by atoms with E-state index in [-0.39, 0.29) is 29.5 Å². The summed E-state index contributed by atoms with van der Waals surface area (Å²) in [5.74, 6) is 0.163. The van der Waals surface area contributed by atoms with Crippen molar-refractivity contribution in [3.05, 3.63) is 108 Å². The molecule has 0 fully saturated rings. The van der Waals surface area contributed by atoms with Crippen LogP contribution in [-0.2, 0) is 10.3 Å². The van der Waals surface area contributed by atoms with Gasteiger partial charge in [0.15, 0.2) is 0 Å². The van der Waals surface area contributed by atoms with Gasteiger partial charge in [-0.15, -0.1) is 12.4 Å². The Bertz CT molecular complexity index is 969. The molecule has 0 spiro atoms. The van der Waals surface area contributed by atoms with Crippen LogP contribution in [0.2, 0.25) is 0 Å². The molecule has 1 atom stereocenters. The van der Waals surface area contributed by atoms with Crippen molar-refractivity contribution in [2.45, 2.75) is 58.2 Å². The average Bonchev–Trinajstić information content (AvgIpc) is 2.81. The van der Waals surface area contributed by atoms with Gasteiger partial charge >= 0.3 is 0 Å². The lowest BCUT2D eigenvalue weighted by Crippen LogP contribution is -2.64. The van der Waals surface area contributed by atoms with Gasteiger partial charge in [0.05, 0.1) is 6.04 Å². The smallest absolute Gasteiger partial charge is 0.242 e. The van der Waals surface area contributed by atoms with E-state index >= 15 is 0 Å². The Labute approximate surface area is 222 Å². The van der Waals surface area contributed by atoms with Crippen molar-refractivity contribution < 1.29 is 4.79 Å². The molecule has 3 nitrogen and oxygen atoms in total. The summed E-state index contributed by atoms with van der Waals surface area (Å²) in [6.07, 6.45) is 0.791. The molecule has 0 bridgehead atoms. The highest BCUT2D eigenvalue weighted by atomic mass is 35.5. The average molecular weight is 511 g/mol. The minimum atomic E-state index is -0.879. The van der Waals surface area contributed by atoms with Crippen molar-refractivity contribution in [2.24, 2.45) is 11.1 Å². The molecule has 0 aliphatic rings. The molecule has 0 radical (unpaired) electrons. The molecule has 3 rings (SSSR count). The summed E-state index contributed by atoms with van der Waals surface area (Å²) in [4.78, 5) is 16.4. The van der Waals surface area contributed by atoms with Crippen LogP contribution in [-0.4, -0.2) is 28.1 Å². The van der Waals surface area contributed by atoms with Crippen molar-refractivity contribution in [3.8, 4) is 0 Å². The van der Waals surface area contributed by atoms with Crippen LogP contribution in [0.15, 0.2) is 91.0 Å². The number of nitrogens with zero attached hydrogens (tertiary/aromatic N) is 1. The topological polar surface area (TPSA) is 46.3 Å². The Morgan fingerprint density at radius 2 is 1.11 bits per heavy atom. The zero-order chi connectivity index (χ0) is 25.0. The first kappa shape index (κ1) is 29.0. The number of halogens is 1. The van der Waals surface area contributed by atoms with E-state index in [1.165, 1.54) is 0 Å². The van der Waals surface area contributed by atoms with Gasteiger partial charge < -0.3 is 10.6 Å². The maximum absolute atomic E-state index is 14.3. The van der Waals surface area contributed by atoms with E-state index in [0.717, 1.165) is 23.1 Å². The Balaban J connectivity index is 0.00000432. The van der Waals surface area contributed by atoms with E-state index in [2.05, 4.69) is 83.6 Å². The largest absolute Gasteiger partial charge is 0.319 e. The highest BCUT2D eigenvalue weighted by Crippen LogP contribution is 2.48. The summed E-state index contributed by atoms with van der Waals surface area (Å²) >= 11 is 4.42. The van der Waals surface area contributed by atoms with Crippen LogP contribution in [0.3, 0.4) is 0 Å². The number of amides is 1. The molecule has 0 saturated carbocycles. The molecule has 0 aromatic heterocycles. The normalized spacial score (nSPS) is 13.0. The quantitative estimate of drug-likeness (QED) is 0.261. The van der Waals surface area contributed by atoms with E-state index in [0.29, 0.717) is 0 Å². The highest BCUT2D eigenvalue weighted by Gasteiger charge is 2.52. The molecule has 5 heteroatoms. The number of benzene rings is 3. The van der Waals surface area contributed by atoms with Crippen molar-refractivity contribution in [2.75, 3.05) is 5.75 Å². The number of carbonyl (C=O) groups is 1. The Morgan fingerprint density at radius 1 is 0.771 bits per heavy atom. The molecular formula is C30H39ClN2OS. The van der Waals surface area contributed by atoms with Crippen molar-refractivity contribution in [1.82, 2.24) is 4.90 Å². The summed E-state index contributed by atoms with van der Waals surface area (Å²) in [7, 11) is 0. The van der Waals surface area contributed by atoms with Crippen LogP contribution in [0.25, 0.3) is 0 Å². The van der Waals surface area contributed by atoms with Crippen molar-refractivity contribution in [1.29, 1.82) is 0 Å². The first-order valence-electron chi connectivity index (χ1n) is 11.9. The van der Waals surface area contributed by atoms with Crippen LogP contribution in [0, 0.1) is 5.41 Å². The van der Waals surface area contributed by atoms with Gasteiger partial charge in [-0.1, -0.05) is 112 Å². The van der Waals surface area contributed by atoms with E-state index < -0.39 is 17.1 Å². The van der Waals surface area contributed by atoms with E-state index in [9.17, 15) is 4.79 Å². The third-order valence-electron chi connectivity index (χ3n) is 6.21. The summed E-state index contributed by atoms with van der Waals surface area (Å²) in [5.41, 5.74) is 8.09. The summed E-state index contributed by atoms with van der Waals surface area (Å²) in [6, 6.07) is 30.2. The third-order valence-corrected chi connectivity index (χ3v) is 6.61. The maximum atomic E-state index is 14.3. The van der Waals surface area contributed by atoms with Crippen LogP contribution >= 0.6 is 25.0 Å². The fourth-order valence-corrected chi connectivity index (χ4v) is 5.62. The Kier molecular flexibility index (Phi) is 9.63. The minimum Gasteiger partial charge on any atom is -0.319 e. The number of hydrogen-bond acceptors (Lipinski definition) is 3. The molecule has 188 valence electrons. The molecule has 0 unspecified atom stereocenters. The van der Waals surface area contributed by atoms with Gasteiger partial charge in [-0.05, 0) is 42.4 Å². The highest BCUT2D eigenvalue weighted by molar-refractivity contribution is 7.80. The number of hydrogen-bond donors (Lipinski definition) is 2. The molecule has 0 aliphatic heterocycles. The molecule has 35 heavy (non-hydrogen) atoms. The predicted octanol–water partition coefficient (Wildman–Crippen LogP) is 6.70. The predicted molar refractivity (Wildman–Crippen MR) is 153 cm³/mol. The third kappa shape index (κ3) is 6.11. The van der Waals surface area contributed by atoms with E-state index in [4.69, 9.17) is 5.73 Å². The van der Waals surface area contributed by atoms with Gasteiger partial charge in [0.2, 0.25) is 5.91 Å². The Morgan fingerprint density at radius 3 is 1.40 bits per heavy atom. The lowest BCUT2D eigenvalue weighted by molar-refractivity contribution is -0.145. The fourth-order valence-electron chi connectivity index (χ4n) is 5.46. The zero-order valence-electron chi connectivity index (χ0n) is 21.4. The van der Waals surface area contributed by atoms with Gasteiger partial charge in [-0.2, -0.15) is 12.6 Å². The van der Waals surface area contributed by atoms with E-state index in [1.54, 1.807) is 0 Å². The fraction of sp³-hybridized carbons (Fsp3) is 0.367. The molecule has 1 amide bonds. The minimum absolute atomic E-state index is 0. The standard InChI is InChI=1S/C30H38N2OS.ClH/c1-28(2,3)22-29(4,5)32(27(33)26(31)21-34)30(23-15-9-6-10-16-23,24-17-11-7-12-18-24)25-19-13-8-14-20-25;/h6-20,26,34H,21-22,31H2,1-5H3;1H/t26-;/m0./s1. The Hall–Kier alpha value is -2.27. The van der Waals surface area contributed by atoms with Gasteiger partial charge in [-0.25, -0.2) is 0 Å². The second-order valence-corrected chi connectivity index (χ2v) is 11.2. The summed E-state index contributed by atoms with van der Waals surface area (Å²) in [6.45, 7) is 11.0. The van der Waals surface area contributed by atoms with Gasteiger partial charge in [-0.3, -0.25) is 4.79 Å². The van der Waals surface area contributed by atoms with Gasteiger partial charge in [0.1, 0.15) is 5.54 Å². The van der Waals surface area contributed by atoms with Crippen LogP contribution in [0.5, 0.6) is 0 Å². The van der Waals surface area contributed by atoms with Crippen LogP contribution < -0.4 is 5.73 Å². The first-order chi connectivity index (χ1) is 16.0. The molecule has 2 N–H and O–H groups in total. The zero-order valence-corrected chi connectivity index (χ0v) is 23.2. The number of carbonyl (C=O) groups excluding carboxylic acids is 1. The van der Waals surface area contributed by atoms with Gasteiger partial charge in [0.25, 0.3) is 0 Å². The van der Waals surface area contributed by atoms with Crippen molar-refractivity contribution in [3.63, 3.8) is 0 Å². The van der Waals surface area contributed by atoms with Crippen LogP contribution in [0.4, 0.5) is 0 Å². The summed E-state index contributed by atoms with van der Waals surface area (Å²) < 4.78 is 0. The van der Waals surface area contributed by atoms with Crippen molar-refractivity contribution >= 4 is 30.9 Å². The number of thiol groups is 1. The number of rotatable bonds is 8. The molecule has 0 heterocycles. The molecule has 0 aliphatic carbocycles. The second-order valence-electron chi connectivity index (χ2n) is 10.8.